The molecule has 1 nitrogen and oxygen atoms in total. The first-order valence-electron chi connectivity index (χ1n) is 6.24. The molecule has 0 radical (unpaired) electrons. The standard InChI is InChI=1S/C17H14Br2O/c18-17(19,13-15-9-5-2-6-10-15)16(20)12-11-14-7-3-1-4-8-14/h1-10,16,20H,13H2/t16-/m1/s1. The van der Waals surface area contributed by atoms with Gasteiger partial charge >= 0.3 is 0 Å². The van der Waals surface area contributed by atoms with Crippen molar-refractivity contribution in [3.8, 4) is 11.8 Å². The minimum Gasteiger partial charge on any atom is -0.378 e. The van der Waals surface area contributed by atoms with Crippen molar-refractivity contribution >= 4 is 31.9 Å². The molecule has 2 rings (SSSR count). The Balaban J connectivity index is 2.08. The van der Waals surface area contributed by atoms with Crippen molar-refractivity contribution in [2.75, 3.05) is 0 Å². The zero-order valence-corrected chi connectivity index (χ0v) is 13.9. The summed E-state index contributed by atoms with van der Waals surface area (Å²) >= 11 is 7.04. The molecule has 102 valence electrons. The largest absolute Gasteiger partial charge is 0.378 e. The average Bonchev–Trinajstić information content (AvgIpc) is 2.46. The van der Waals surface area contributed by atoms with Gasteiger partial charge in [0.2, 0.25) is 0 Å². The first kappa shape index (κ1) is 15.3. The highest BCUT2D eigenvalue weighted by molar-refractivity contribution is 9.25. The molecular weight excluding hydrogens is 380 g/mol. The van der Waals surface area contributed by atoms with Crippen LogP contribution in [0, 0.1) is 11.8 Å². The van der Waals surface area contributed by atoms with Gasteiger partial charge in [-0.05, 0) is 17.7 Å². The Morgan fingerprint density at radius 3 is 2.10 bits per heavy atom. The Hall–Kier alpha value is -1.08. The summed E-state index contributed by atoms with van der Waals surface area (Å²) in [5.41, 5.74) is 2.02. The van der Waals surface area contributed by atoms with E-state index in [1.165, 1.54) is 0 Å². The molecule has 1 N–H and O–H groups in total. The number of halogens is 2. The van der Waals surface area contributed by atoms with Crippen LogP contribution < -0.4 is 0 Å². The van der Waals surface area contributed by atoms with Crippen LogP contribution in [0.25, 0.3) is 0 Å². The molecule has 3 heteroatoms. The highest BCUT2D eigenvalue weighted by atomic mass is 79.9. The van der Waals surface area contributed by atoms with Gasteiger partial charge in [0.25, 0.3) is 0 Å². The molecular formula is C17H14Br2O. The summed E-state index contributed by atoms with van der Waals surface area (Å²) in [7, 11) is 0. The Labute approximate surface area is 136 Å². The fourth-order valence-electron chi connectivity index (χ4n) is 1.74. The van der Waals surface area contributed by atoms with Crippen LogP contribution in [0.5, 0.6) is 0 Å². The van der Waals surface area contributed by atoms with E-state index < -0.39 is 9.34 Å². The van der Waals surface area contributed by atoms with E-state index in [-0.39, 0.29) is 0 Å². The van der Waals surface area contributed by atoms with Gasteiger partial charge < -0.3 is 5.11 Å². The number of benzene rings is 2. The van der Waals surface area contributed by atoms with Gasteiger partial charge in [-0.15, -0.1) is 0 Å². The molecule has 0 fully saturated rings. The quantitative estimate of drug-likeness (QED) is 0.614. The summed E-state index contributed by atoms with van der Waals surface area (Å²) in [6, 6.07) is 19.6. The van der Waals surface area contributed by atoms with Crippen molar-refractivity contribution in [3.05, 3.63) is 71.8 Å². The molecule has 0 heterocycles. The van der Waals surface area contributed by atoms with Gasteiger partial charge in [-0.3, -0.25) is 0 Å². The van der Waals surface area contributed by atoms with Crippen LogP contribution in [0.2, 0.25) is 0 Å². The first-order valence-corrected chi connectivity index (χ1v) is 7.83. The second-order valence-electron chi connectivity index (χ2n) is 4.46. The Kier molecular flexibility index (Phi) is 5.42. The maximum Gasteiger partial charge on any atom is 0.140 e. The SMILES string of the molecule is O[C@H](C#Cc1ccccc1)C(Br)(Br)Cc1ccccc1. The van der Waals surface area contributed by atoms with Gasteiger partial charge in [0.05, 0.1) is 0 Å². The van der Waals surface area contributed by atoms with Crippen molar-refractivity contribution in [2.24, 2.45) is 0 Å². The summed E-state index contributed by atoms with van der Waals surface area (Å²) in [6.07, 6.45) is -0.179. The van der Waals surface area contributed by atoms with E-state index in [2.05, 4.69) is 43.7 Å². The molecule has 20 heavy (non-hydrogen) atoms. The highest BCUT2D eigenvalue weighted by Crippen LogP contribution is 2.34. The third kappa shape index (κ3) is 4.49. The molecule has 1 atom stereocenters. The summed E-state index contributed by atoms with van der Waals surface area (Å²) in [6.45, 7) is 0. The zero-order chi connectivity index (χ0) is 14.4. The number of aliphatic hydroxyl groups excluding tert-OH is 1. The summed E-state index contributed by atoms with van der Waals surface area (Å²) < 4.78 is -0.650. The van der Waals surface area contributed by atoms with Crippen molar-refractivity contribution in [3.63, 3.8) is 0 Å². The average molecular weight is 394 g/mol. The molecule has 0 aliphatic rings. The summed E-state index contributed by atoms with van der Waals surface area (Å²) in [5.74, 6) is 5.85. The van der Waals surface area contributed by atoms with Crippen LogP contribution in [-0.4, -0.2) is 14.4 Å². The molecule has 0 amide bonds. The lowest BCUT2D eigenvalue weighted by Crippen LogP contribution is -2.31. The topological polar surface area (TPSA) is 20.2 Å². The number of alkyl halides is 2. The number of rotatable bonds is 3. The lowest BCUT2D eigenvalue weighted by molar-refractivity contribution is 0.222. The zero-order valence-electron chi connectivity index (χ0n) is 10.8. The minimum atomic E-state index is -0.817. The molecule has 0 aromatic heterocycles. The maximum atomic E-state index is 10.2. The van der Waals surface area contributed by atoms with Crippen LogP contribution in [0.1, 0.15) is 11.1 Å². The molecule has 0 spiro atoms. The Morgan fingerprint density at radius 2 is 1.50 bits per heavy atom. The lowest BCUT2D eigenvalue weighted by atomic mass is 10.1. The van der Waals surface area contributed by atoms with Gasteiger partial charge in [-0.25, -0.2) is 0 Å². The van der Waals surface area contributed by atoms with Crippen molar-refractivity contribution < 1.29 is 5.11 Å². The molecule has 0 unspecified atom stereocenters. The molecule has 0 aliphatic carbocycles. The van der Waals surface area contributed by atoms with Crippen molar-refractivity contribution in [1.82, 2.24) is 0 Å². The van der Waals surface area contributed by atoms with E-state index in [0.717, 1.165) is 11.1 Å². The molecule has 0 saturated carbocycles. The Bertz CT molecular complexity index is 597. The monoisotopic (exact) mass is 392 g/mol. The maximum absolute atomic E-state index is 10.2. The normalized spacial score (nSPS) is 12.3. The molecule has 2 aromatic carbocycles. The molecule has 2 aromatic rings. The van der Waals surface area contributed by atoms with E-state index in [4.69, 9.17) is 0 Å². The minimum absolute atomic E-state index is 0.637. The van der Waals surface area contributed by atoms with E-state index >= 15 is 0 Å². The number of hydrogen-bond acceptors (Lipinski definition) is 1. The van der Waals surface area contributed by atoms with Gasteiger partial charge in [-0.1, -0.05) is 92.2 Å². The fraction of sp³-hybridized carbons (Fsp3) is 0.176. The number of aliphatic hydroxyl groups is 1. The first-order chi connectivity index (χ1) is 9.58. The second kappa shape index (κ2) is 7.08. The van der Waals surface area contributed by atoms with Gasteiger partial charge in [0, 0.05) is 12.0 Å². The molecule has 0 saturated heterocycles. The van der Waals surface area contributed by atoms with Gasteiger partial charge in [0.15, 0.2) is 0 Å². The van der Waals surface area contributed by atoms with Gasteiger partial charge in [-0.2, -0.15) is 0 Å². The van der Waals surface area contributed by atoms with Crippen LogP contribution in [0.3, 0.4) is 0 Å². The van der Waals surface area contributed by atoms with E-state index in [9.17, 15) is 5.11 Å². The number of hydrogen-bond donors (Lipinski definition) is 1. The van der Waals surface area contributed by atoms with E-state index in [1.807, 2.05) is 60.7 Å². The van der Waals surface area contributed by atoms with Crippen molar-refractivity contribution in [1.29, 1.82) is 0 Å². The van der Waals surface area contributed by atoms with E-state index in [0.29, 0.717) is 6.42 Å². The van der Waals surface area contributed by atoms with Crippen molar-refractivity contribution in [2.45, 2.75) is 15.8 Å². The fourth-order valence-corrected chi connectivity index (χ4v) is 2.62. The third-order valence-electron chi connectivity index (χ3n) is 2.81. The third-order valence-corrected chi connectivity index (χ3v) is 4.24. The predicted molar refractivity (Wildman–Crippen MR) is 90.1 cm³/mol. The van der Waals surface area contributed by atoms with Crippen LogP contribution in [0.15, 0.2) is 60.7 Å². The van der Waals surface area contributed by atoms with Gasteiger partial charge in [0.1, 0.15) is 9.34 Å². The van der Waals surface area contributed by atoms with Crippen LogP contribution in [0.4, 0.5) is 0 Å². The highest BCUT2D eigenvalue weighted by Gasteiger charge is 2.31. The van der Waals surface area contributed by atoms with Crippen LogP contribution in [-0.2, 0) is 6.42 Å². The molecule has 0 bridgehead atoms. The molecule has 0 aliphatic heterocycles. The smallest absolute Gasteiger partial charge is 0.140 e. The predicted octanol–water partition coefficient (Wildman–Crippen LogP) is 4.13. The summed E-state index contributed by atoms with van der Waals surface area (Å²) in [4.78, 5) is 0. The van der Waals surface area contributed by atoms with Crippen LogP contribution >= 0.6 is 31.9 Å². The second-order valence-corrected chi connectivity index (χ2v) is 8.36. The van der Waals surface area contributed by atoms with E-state index in [1.54, 1.807) is 0 Å². The summed E-state index contributed by atoms with van der Waals surface area (Å²) in [5, 5.41) is 10.2. The lowest BCUT2D eigenvalue weighted by Gasteiger charge is -2.23. The Morgan fingerprint density at radius 1 is 0.950 bits per heavy atom.